The molecule has 122 valence electrons. The molecule has 0 fully saturated rings. The number of carbonyl (C=O) groups excluding carboxylic acids is 1. The standard InChI is InChI=1S/C18H19F2NOS/c1-11-4-7-17(12(2)8-11)21-18(22)13(3)23-10-14-5-6-15(19)16(20)9-14/h4-9,13H,10H2,1-3H3,(H,21,22). The van der Waals surface area contributed by atoms with Crippen molar-refractivity contribution in [1.29, 1.82) is 0 Å². The number of hydrogen-bond acceptors (Lipinski definition) is 2. The Balaban J connectivity index is 1.93. The van der Waals surface area contributed by atoms with Crippen LogP contribution >= 0.6 is 11.8 Å². The lowest BCUT2D eigenvalue weighted by Gasteiger charge is -2.14. The second-order valence-corrected chi connectivity index (χ2v) is 6.84. The topological polar surface area (TPSA) is 29.1 Å². The highest BCUT2D eigenvalue weighted by atomic mass is 32.2. The Morgan fingerprint density at radius 2 is 1.87 bits per heavy atom. The van der Waals surface area contributed by atoms with Crippen LogP contribution in [0.4, 0.5) is 14.5 Å². The zero-order valence-electron chi connectivity index (χ0n) is 13.3. The highest BCUT2D eigenvalue weighted by Crippen LogP contribution is 2.22. The molecule has 2 aromatic carbocycles. The van der Waals surface area contributed by atoms with Crippen LogP contribution in [0.5, 0.6) is 0 Å². The zero-order chi connectivity index (χ0) is 17.0. The molecule has 1 amide bonds. The van der Waals surface area contributed by atoms with Crippen molar-refractivity contribution >= 4 is 23.4 Å². The molecule has 1 atom stereocenters. The van der Waals surface area contributed by atoms with Gasteiger partial charge in [0, 0.05) is 11.4 Å². The first-order chi connectivity index (χ1) is 10.9. The van der Waals surface area contributed by atoms with Gasteiger partial charge < -0.3 is 5.32 Å². The van der Waals surface area contributed by atoms with Crippen molar-refractivity contribution in [1.82, 2.24) is 0 Å². The molecule has 0 radical (unpaired) electrons. The second-order valence-electron chi connectivity index (χ2n) is 5.51. The van der Waals surface area contributed by atoms with Gasteiger partial charge in [0.1, 0.15) is 0 Å². The fourth-order valence-corrected chi connectivity index (χ4v) is 2.95. The van der Waals surface area contributed by atoms with Crippen molar-refractivity contribution in [2.45, 2.75) is 31.8 Å². The third-order valence-electron chi connectivity index (χ3n) is 3.49. The lowest BCUT2D eigenvalue weighted by atomic mass is 10.1. The van der Waals surface area contributed by atoms with Crippen LogP contribution in [0, 0.1) is 25.5 Å². The summed E-state index contributed by atoms with van der Waals surface area (Å²) in [6.45, 7) is 5.74. The highest BCUT2D eigenvalue weighted by Gasteiger charge is 2.15. The Hall–Kier alpha value is -1.88. The summed E-state index contributed by atoms with van der Waals surface area (Å²) in [5.41, 5.74) is 3.60. The van der Waals surface area contributed by atoms with Crippen LogP contribution in [-0.2, 0) is 10.5 Å². The predicted octanol–water partition coefficient (Wildman–Crippen LogP) is 4.84. The van der Waals surface area contributed by atoms with Crippen LogP contribution in [0.3, 0.4) is 0 Å². The molecule has 1 unspecified atom stereocenters. The van der Waals surface area contributed by atoms with Crippen LogP contribution in [0.15, 0.2) is 36.4 Å². The molecule has 5 heteroatoms. The molecule has 0 saturated heterocycles. The first kappa shape index (κ1) is 17.5. The Labute approximate surface area is 139 Å². The number of anilines is 1. The van der Waals surface area contributed by atoms with Gasteiger partial charge in [-0.05, 0) is 50.1 Å². The summed E-state index contributed by atoms with van der Waals surface area (Å²) >= 11 is 1.38. The minimum atomic E-state index is -0.865. The lowest BCUT2D eigenvalue weighted by Crippen LogP contribution is -2.23. The van der Waals surface area contributed by atoms with Crippen molar-refractivity contribution < 1.29 is 13.6 Å². The first-order valence-electron chi connectivity index (χ1n) is 7.30. The fraction of sp³-hybridized carbons (Fsp3) is 0.278. The van der Waals surface area contributed by atoms with E-state index >= 15 is 0 Å². The molecule has 0 spiro atoms. The summed E-state index contributed by atoms with van der Waals surface area (Å²) in [5, 5.41) is 2.60. The number of benzene rings is 2. The maximum Gasteiger partial charge on any atom is 0.237 e. The number of rotatable bonds is 5. The number of halogens is 2. The van der Waals surface area contributed by atoms with Gasteiger partial charge >= 0.3 is 0 Å². The van der Waals surface area contributed by atoms with Gasteiger partial charge in [-0.1, -0.05) is 23.8 Å². The van der Waals surface area contributed by atoms with E-state index in [0.717, 1.165) is 28.9 Å². The Bertz CT molecular complexity index is 718. The van der Waals surface area contributed by atoms with E-state index in [1.54, 1.807) is 6.92 Å². The molecule has 0 saturated carbocycles. The van der Waals surface area contributed by atoms with E-state index in [9.17, 15) is 13.6 Å². The lowest BCUT2D eigenvalue weighted by molar-refractivity contribution is -0.115. The number of thioether (sulfide) groups is 1. The fourth-order valence-electron chi connectivity index (χ4n) is 2.11. The van der Waals surface area contributed by atoms with Crippen LogP contribution in [-0.4, -0.2) is 11.2 Å². The minimum absolute atomic E-state index is 0.107. The van der Waals surface area contributed by atoms with E-state index < -0.39 is 11.6 Å². The Morgan fingerprint density at radius 1 is 1.13 bits per heavy atom. The molecule has 2 rings (SSSR count). The van der Waals surface area contributed by atoms with Crippen molar-refractivity contribution in [2.75, 3.05) is 5.32 Å². The van der Waals surface area contributed by atoms with Crippen LogP contribution in [0.25, 0.3) is 0 Å². The monoisotopic (exact) mass is 335 g/mol. The average molecular weight is 335 g/mol. The van der Waals surface area contributed by atoms with Crippen LogP contribution < -0.4 is 5.32 Å². The van der Waals surface area contributed by atoms with Crippen LogP contribution in [0.2, 0.25) is 0 Å². The van der Waals surface area contributed by atoms with Gasteiger partial charge in [0.2, 0.25) is 5.91 Å². The third-order valence-corrected chi connectivity index (χ3v) is 4.71. The number of carbonyl (C=O) groups is 1. The van der Waals surface area contributed by atoms with Crippen molar-refractivity contribution in [2.24, 2.45) is 0 Å². The molecule has 0 heterocycles. The largest absolute Gasteiger partial charge is 0.325 e. The summed E-state index contributed by atoms with van der Waals surface area (Å²) in [5.74, 6) is -1.39. The number of hydrogen-bond donors (Lipinski definition) is 1. The summed E-state index contributed by atoms with van der Waals surface area (Å²) < 4.78 is 26.1. The molecule has 0 aromatic heterocycles. The van der Waals surface area contributed by atoms with Gasteiger partial charge in [0.05, 0.1) is 5.25 Å². The van der Waals surface area contributed by atoms with Crippen molar-refractivity contribution in [3.05, 3.63) is 64.7 Å². The van der Waals surface area contributed by atoms with Crippen LogP contribution in [0.1, 0.15) is 23.6 Å². The molecule has 23 heavy (non-hydrogen) atoms. The van der Waals surface area contributed by atoms with Gasteiger partial charge in [-0.2, -0.15) is 0 Å². The van der Waals surface area contributed by atoms with E-state index in [0.29, 0.717) is 11.3 Å². The number of nitrogens with one attached hydrogen (secondary N) is 1. The zero-order valence-corrected chi connectivity index (χ0v) is 14.1. The molecule has 1 N–H and O–H groups in total. The SMILES string of the molecule is Cc1ccc(NC(=O)C(C)SCc2ccc(F)c(F)c2)c(C)c1. The Kier molecular flexibility index (Phi) is 5.77. The number of aryl methyl sites for hydroxylation is 2. The summed E-state index contributed by atoms with van der Waals surface area (Å²) in [6.07, 6.45) is 0. The van der Waals surface area contributed by atoms with Crippen molar-refractivity contribution in [3.63, 3.8) is 0 Å². The molecule has 0 aliphatic rings. The summed E-state index contributed by atoms with van der Waals surface area (Å²) in [6, 6.07) is 9.63. The van der Waals surface area contributed by atoms with E-state index in [2.05, 4.69) is 5.32 Å². The van der Waals surface area contributed by atoms with Gasteiger partial charge in [0.25, 0.3) is 0 Å². The van der Waals surface area contributed by atoms with E-state index in [-0.39, 0.29) is 11.2 Å². The first-order valence-corrected chi connectivity index (χ1v) is 8.35. The van der Waals surface area contributed by atoms with E-state index in [1.165, 1.54) is 17.8 Å². The molecule has 2 aromatic rings. The maximum absolute atomic E-state index is 13.2. The molecule has 0 aliphatic carbocycles. The van der Waals surface area contributed by atoms with E-state index in [4.69, 9.17) is 0 Å². The third kappa shape index (κ3) is 4.79. The average Bonchev–Trinajstić information content (AvgIpc) is 2.50. The highest BCUT2D eigenvalue weighted by molar-refractivity contribution is 7.99. The molecule has 2 nitrogen and oxygen atoms in total. The smallest absolute Gasteiger partial charge is 0.237 e. The molecular formula is C18H19F2NOS. The molecular weight excluding hydrogens is 316 g/mol. The van der Waals surface area contributed by atoms with Gasteiger partial charge in [-0.3, -0.25) is 4.79 Å². The minimum Gasteiger partial charge on any atom is -0.325 e. The Morgan fingerprint density at radius 3 is 2.52 bits per heavy atom. The van der Waals surface area contributed by atoms with Gasteiger partial charge in [0.15, 0.2) is 11.6 Å². The predicted molar refractivity (Wildman–Crippen MR) is 91.7 cm³/mol. The summed E-state index contributed by atoms with van der Waals surface area (Å²) in [4.78, 5) is 12.2. The summed E-state index contributed by atoms with van der Waals surface area (Å²) in [7, 11) is 0. The quantitative estimate of drug-likeness (QED) is 0.847. The maximum atomic E-state index is 13.2. The van der Waals surface area contributed by atoms with Gasteiger partial charge in [-0.25, -0.2) is 8.78 Å². The van der Waals surface area contributed by atoms with Crippen molar-refractivity contribution in [3.8, 4) is 0 Å². The normalized spacial score (nSPS) is 12.0. The van der Waals surface area contributed by atoms with E-state index in [1.807, 2.05) is 32.0 Å². The second kappa shape index (κ2) is 7.59. The number of amides is 1. The van der Waals surface area contributed by atoms with Gasteiger partial charge in [-0.15, -0.1) is 11.8 Å². The molecule has 0 aliphatic heterocycles. The molecule has 0 bridgehead atoms.